The molecular weight excluding hydrogens is 542 g/mol. The minimum atomic E-state index is 1.18. The molecule has 1 nitrogen and oxygen atoms in total. The van der Waals surface area contributed by atoms with Crippen LogP contribution in [0, 0.1) is 0 Å². The summed E-state index contributed by atoms with van der Waals surface area (Å²) in [6.45, 7) is 0. The van der Waals surface area contributed by atoms with Gasteiger partial charge in [0.1, 0.15) is 0 Å². The van der Waals surface area contributed by atoms with Gasteiger partial charge in [0.25, 0.3) is 0 Å². The van der Waals surface area contributed by atoms with Gasteiger partial charge in [0.2, 0.25) is 0 Å². The first-order valence-corrected chi connectivity index (χ1v) is 15.5. The molecule has 0 radical (unpaired) electrons. The van der Waals surface area contributed by atoms with Crippen molar-refractivity contribution in [1.29, 1.82) is 0 Å². The van der Waals surface area contributed by atoms with Gasteiger partial charge in [-0.1, -0.05) is 146 Å². The van der Waals surface area contributed by atoms with Crippen molar-refractivity contribution in [3.05, 3.63) is 176 Å². The summed E-state index contributed by atoms with van der Waals surface area (Å²) in [6, 6.07) is 61.7. The predicted molar refractivity (Wildman–Crippen MR) is 192 cm³/mol. The number of rotatable bonds is 4. The third-order valence-electron chi connectivity index (χ3n) is 9.22. The van der Waals surface area contributed by atoms with E-state index in [4.69, 9.17) is 0 Å². The Morgan fingerprint density at radius 1 is 0.311 bits per heavy atom. The third-order valence-corrected chi connectivity index (χ3v) is 9.22. The van der Waals surface area contributed by atoms with Crippen LogP contribution < -0.4 is 0 Å². The number of aromatic nitrogens is 1. The molecule has 45 heavy (non-hydrogen) atoms. The molecule has 0 aliphatic heterocycles. The lowest BCUT2D eigenvalue weighted by Gasteiger charge is -2.16. The molecule has 0 bridgehead atoms. The van der Waals surface area contributed by atoms with Crippen LogP contribution in [-0.2, 0) is 0 Å². The number of hydrogen-bond acceptors (Lipinski definition) is 0. The van der Waals surface area contributed by atoms with E-state index in [2.05, 4.69) is 181 Å². The van der Waals surface area contributed by atoms with Crippen LogP contribution in [0.2, 0.25) is 0 Å². The van der Waals surface area contributed by atoms with Crippen molar-refractivity contribution in [3.8, 4) is 39.1 Å². The van der Waals surface area contributed by atoms with Crippen molar-refractivity contribution < 1.29 is 0 Å². The fraction of sp³-hybridized carbons (Fsp3) is 0. The molecule has 1 heteroatoms. The Morgan fingerprint density at radius 2 is 0.911 bits per heavy atom. The van der Waals surface area contributed by atoms with E-state index in [1.165, 1.54) is 82.3 Å². The summed E-state index contributed by atoms with van der Waals surface area (Å²) in [5.41, 5.74) is 9.79. The molecule has 0 aliphatic rings. The number of fused-ring (bicyclic) bond motifs is 5. The van der Waals surface area contributed by atoms with Crippen molar-refractivity contribution in [2.75, 3.05) is 0 Å². The molecule has 0 N–H and O–H groups in total. The molecule has 0 atom stereocenters. The van der Waals surface area contributed by atoms with Gasteiger partial charge >= 0.3 is 0 Å². The highest BCUT2D eigenvalue weighted by Gasteiger charge is 2.17. The molecule has 0 fully saturated rings. The van der Waals surface area contributed by atoms with Crippen LogP contribution in [0.15, 0.2) is 176 Å². The van der Waals surface area contributed by atoms with Crippen molar-refractivity contribution >= 4 is 43.2 Å². The van der Waals surface area contributed by atoms with Crippen LogP contribution in [0.1, 0.15) is 0 Å². The second-order valence-corrected chi connectivity index (χ2v) is 11.7. The van der Waals surface area contributed by atoms with E-state index in [0.717, 1.165) is 0 Å². The molecule has 0 aliphatic carbocycles. The Kier molecular flexibility index (Phi) is 5.89. The Balaban J connectivity index is 1.30. The molecule has 9 aromatic rings. The van der Waals surface area contributed by atoms with E-state index in [0.29, 0.717) is 0 Å². The maximum absolute atomic E-state index is 2.39. The molecule has 0 unspecified atom stereocenters. The van der Waals surface area contributed by atoms with Gasteiger partial charge in [0, 0.05) is 22.5 Å². The maximum atomic E-state index is 2.39. The first kappa shape index (κ1) is 25.6. The highest BCUT2D eigenvalue weighted by molar-refractivity contribution is 6.17. The monoisotopic (exact) mass is 571 g/mol. The highest BCUT2D eigenvalue weighted by Crippen LogP contribution is 2.41. The van der Waals surface area contributed by atoms with Crippen LogP contribution in [-0.4, -0.2) is 4.57 Å². The zero-order chi connectivity index (χ0) is 29.7. The molecule has 0 amide bonds. The Morgan fingerprint density at radius 3 is 1.67 bits per heavy atom. The SMILES string of the molecule is c1ccc(-c2ccc3c(c2)c(-c2ccccc2)cn3-c2ccc(-c3cc4ccccc4c4ccccc34)c3ccccc23)cc1. The molecule has 9 rings (SSSR count). The zero-order valence-electron chi connectivity index (χ0n) is 24.7. The summed E-state index contributed by atoms with van der Waals surface area (Å²) >= 11 is 0. The largest absolute Gasteiger partial charge is 0.315 e. The summed E-state index contributed by atoms with van der Waals surface area (Å²) in [6.07, 6.45) is 2.32. The van der Waals surface area contributed by atoms with Gasteiger partial charge in [0.05, 0.1) is 11.2 Å². The lowest BCUT2D eigenvalue weighted by molar-refractivity contribution is 1.14. The van der Waals surface area contributed by atoms with Crippen LogP contribution in [0.25, 0.3) is 82.3 Å². The van der Waals surface area contributed by atoms with Gasteiger partial charge in [0.15, 0.2) is 0 Å². The van der Waals surface area contributed by atoms with Gasteiger partial charge in [-0.15, -0.1) is 0 Å². The molecule has 8 aromatic carbocycles. The minimum Gasteiger partial charge on any atom is -0.315 e. The molecule has 1 aromatic heterocycles. The van der Waals surface area contributed by atoms with Gasteiger partial charge in [-0.05, 0) is 79.0 Å². The number of benzene rings is 8. The average molecular weight is 572 g/mol. The van der Waals surface area contributed by atoms with Gasteiger partial charge in [-0.2, -0.15) is 0 Å². The molecular formula is C44H29N. The average Bonchev–Trinajstić information content (AvgIpc) is 3.50. The first-order valence-electron chi connectivity index (χ1n) is 15.5. The second kappa shape index (κ2) is 10.4. The van der Waals surface area contributed by atoms with Gasteiger partial charge in [-0.25, -0.2) is 0 Å². The molecule has 0 spiro atoms. The summed E-state index contributed by atoms with van der Waals surface area (Å²) < 4.78 is 2.39. The summed E-state index contributed by atoms with van der Waals surface area (Å²) in [7, 11) is 0. The standard InChI is InChI=1S/C44H29N/c1-3-13-30(14-4-1)32-23-25-44-41(27-32)42(31-15-5-2-6-16-31)29-45(44)43-26-24-38(36-20-11-12-22-39(36)43)40-28-33-17-7-8-18-34(33)35-19-9-10-21-37(35)40/h1-29H. The van der Waals surface area contributed by atoms with E-state index in [1.807, 2.05) is 0 Å². The fourth-order valence-corrected chi connectivity index (χ4v) is 7.09. The topological polar surface area (TPSA) is 4.93 Å². The zero-order valence-corrected chi connectivity index (χ0v) is 24.7. The lowest BCUT2D eigenvalue weighted by Crippen LogP contribution is -1.95. The Labute approximate surface area is 262 Å². The fourth-order valence-electron chi connectivity index (χ4n) is 7.09. The molecule has 0 saturated carbocycles. The van der Waals surface area contributed by atoms with Crippen LogP contribution in [0.3, 0.4) is 0 Å². The smallest absolute Gasteiger partial charge is 0.0535 e. The normalized spacial score (nSPS) is 11.6. The summed E-state index contributed by atoms with van der Waals surface area (Å²) in [5.74, 6) is 0. The maximum Gasteiger partial charge on any atom is 0.0535 e. The van der Waals surface area contributed by atoms with Crippen molar-refractivity contribution in [1.82, 2.24) is 4.57 Å². The van der Waals surface area contributed by atoms with Crippen LogP contribution in [0.4, 0.5) is 0 Å². The van der Waals surface area contributed by atoms with Crippen molar-refractivity contribution in [2.24, 2.45) is 0 Å². The van der Waals surface area contributed by atoms with Crippen LogP contribution >= 0.6 is 0 Å². The highest BCUT2D eigenvalue weighted by atomic mass is 15.0. The summed E-state index contributed by atoms with van der Waals surface area (Å²) in [4.78, 5) is 0. The quantitative estimate of drug-likeness (QED) is 0.185. The summed E-state index contributed by atoms with van der Waals surface area (Å²) in [5, 5.41) is 8.85. The van der Waals surface area contributed by atoms with E-state index in [1.54, 1.807) is 0 Å². The third kappa shape index (κ3) is 4.17. The molecule has 210 valence electrons. The van der Waals surface area contributed by atoms with E-state index in [9.17, 15) is 0 Å². The van der Waals surface area contributed by atoms with Crippen molar-refractivity contribution in [3.63, 3.8) is 0 Å². The molecule has 1 heterocycles. The van der Waals surface area contributed by atoms with E-state index < -0.39 is 0 Å². The Bertz CT molecular complexity index is 2520. The number of nitrogens with zero attached hydrogens (tertiary/aromatic N) is 1. The minimum absolute atomic E-state index is 1.18. The van der Waals surface area contributed by atoms with Gasteiger partial charge < -0.3 is 4.57 Å². The van der Waals surface area contributed by atoms with E-state index >= 15 is 0 Å². The van der Waals surface area contributed by atoms with Gasteiger partial charge in [-0.3, -0.25) is 0 Å². The lowest BCUT2D eigenvalue weighted by atomic mass is 9.90. The number of hydrogen-bond donors (Lipinski definition) is 0. The van der Waals surface area contributed by atoms with E-state index in [-0.39, 0.29) is 0 Å². The van der Waals surface area contributed by atoms with Crippen molar-refractivity contribution in [2.45, 2.75) is 0 Å². The first-order chi connectivity index (χ1) is 22.3. The Hall–Kier alpha value is -5.92. The molecule has 0 saturated heterocycles. The van der Waals surface area contributed by atoms with Crippen LogP contribution in [0.5, 0.6) is 0 Å². The second-order valence-electron chi connectivity index (χ2n) is 11.7. The predicted octanol–water partition coefficient (Wildman–Crippen LogP) is 12.1.